The molecule has 2 bridgehead atoms. The first kappa shape index (κ1) is 10.6. The maximum absolute atomic E-state index is 12.0. The Bertz CT molecular complexity index is 471. The number of nitrogens with zero attached hydrogens (tertiary/aromatic N) is 1. The first-order chi connectivity index (χ1) is 8.16. The summed E-state index contributed by atoms with van der Waals surface area (Å²) in [6.45, 7) is 2.08. The van der Waals surface area contributed by atoms with E-state index in [1.807, 2.05) is 25.2 Å². The van der Waals surface area contributed by atoms with Gasteiger partial charge in [0.25, 0.3) is 0 Å². The number of ether oxygens (including phenoxy) is 1. The largest absolute Gasteiger partial charge is 0.468 e. The molecular formula is C14H17NO2. The van der Waals surface area contributed by atoms with Gasteiger partial charge in [-0.25, -0.2) is 0 Å². The summed E-state index contributed by atoms with van der Waals surface area (Å²) in [6.07, 6.45) is 2.36. The van der Waals surface area contributed by atoms with E-state index in [4.69, 9.17) is 4.74 Å². The van der Waals surface area contributed by atoms with Crippen LogP contribution in [0.3, 0.4) is 0 Å². The molecule has 1 saturated heterocycles. The van der Waals surface area contributed by atoms with Crippen molar-refractivity contribution in [3.8, 4) is 5.75 Å². The van der Waals surface area contributed by atoms with Gasteiger partial charge in [0.05, 0.1) is 0 Å². The Morgan fingerprint density at radius 3 is 3.00 bits per heavy atom. The second-order valence-electron chi connectivity index (χ2n) is 5.00. The topological polar surface area (TPSA) is 29.5 Å². The smallest absolute Gasteiger partial charge is 0.225 e. The highest BCUT2D eigenvalue weighted by Crippen LogP contribution is 2.48. The molecule has 0 aliphatic carbocycles. The monoisotopic (exact) mass is 231 g/mol. The number of carbonyl (C=O) groups is 1. The normalized spacial score (nSPS) is 30.8. The van der Waals surface area contributed by atoms with Gasteiger partial charge in [-0.1, -0.05) is 25.1 Å². The molecule has 2 heterocycles. The van der Waals surface area contributed by atoms with Crippen molar-refractivity contribution in [2.75, 3.05) is 7.05 Å². The number of hydrogen-bond donors (Lipinski definition) is 0. The summed E-state index contributed by atoms with van der Waals surface area (Å²) in [7, 11) is 1.86. The van der Waals surface area contributed by atoms with Crippen LogP contribution in [-0.4, -0.2) is 23.6 Å². The molecule has 0 radical (unpaired) electrons. The van der Waals surface area contributed by atoms with E-state index < -0.39 is 5.72 Å². The molecule has 3 heteroatoms. The second kappa shape index (κ2) is 3.49. The Labute approximate surface area is 101 Å². The molecule has 0 N–H and O–H groups in total. The van der Waals surface area contributed by atoms with E-state index in [0.29, 0.717) is 12.3 Å². The number of hydrogen-bond acceptors (Lipinski definition) is 2. The Balaban J connectivity index is 2.11. The molecule has 2 aliphatic rings. The van der Waals surface area contributed by atoms with Gasteiger partial charge in [0.15, 0.2) is 5.72 Å². The number of carbonyl (C=O) groups excluding carboxylic acids is 1. The molecule has 2 atom stereocenters. The molecule has 0 spiro atoms. The molecule has 17 heavy (non-hydrogen) atoms. The van der Waals surface area contributed by atoms with Crippen molar-refractivity contribution in [3.05, 3.63) is 29.8 Å². The van der Waals surface area contributed by atoms with Crippen LogP contribution >= 0.6 is 0 Å². The minimum atomic E-state index is -0.422. The number of benzene rings is 1. The molecule has 3 nitrogen and oxygen atoms in total. The summed E-state index contributed by atoms with van der Waals surface area (Å²) < 4.78 is 6.13. The van der Waals surface area contributed by atoms with Gasteiger partial charge in [0.1, 0.15) is 5.75 Å². The first-order valence-corrected chi connectivity index (χ1v) is 6.21. The fourth-order valence-corrected chi connectivity index (χ4v) is 3.07. The predicted molar refractivity (Wildman–Crippen MR) is 64.8 cm³/mol. The lowest BCUT2D eigenvalue weighted by molar-refractivity contribution is -0.165. The number of rotatable bonds is 1. The molecule has 1 aromatic carbocycles. The van der Waals surface area contributed by atoms with Gasteiger partial charge < -0.3 is 9.64 Å². The molecule has 2 aliphatic heterocycles. The fraction of sp³-hybridized carbons (Fsp3) is 0.500. The summed E-state index contributed by atoms with van der Waals surface area (Å²) >= 11 is 0. The van der Waals surface area contributed by atoms with Crippen LogP contribution in [0.1, 0.15) is 37.7 Å². The summed E-state index contributed by atoms with van der Waals surface area (Å²) in [6, 6.07) is 8.10. The highest BCUT2D eigenvalue weighted by atomic mass is 16.5. The average molecular weight is 231 g/mol. The van der Waals surface area contributed by atoms with Crippen LogP contribution in [0.4, 0.5) is 0 Å². The minimum Gasteiger partial charge on any atom is -0.468 e. The summed E-state index contributed by atoms with van der Waals surface area (Å²) in [5, 5.41) is 0. The highest BCUT2D eigenvalue weighted by molar-refractivity contribution is 5.79. The van der Waals surface area contributed by atoms with Gasteiger partial charge in [0.2, 0.25) is 5.91 Å². The van der Waals surface area contributed by atoms with Gasteiger partial charge in [-0.15, -0.1) is 0 Å². The third kappa shape index (κ3) is 1.38. The van der Waals surface area contributed by atoms with E-state index in [1.54, 1.807) is 4.90 Å². The van der Waals surface area contributed by atoms with Crippen LogP contribution in [-0.2, 0) is 4.79 Å². The molecule has 2 unspecified atom stereocenters. The number of fused-ring (bicyclic) bond motifs is 4. The van der Waals surface area contributed by atoms with Gasteiger partial charge >= 0.3 is 0 Å². The lowest BCUT2D eigenvalue weighted by atomic mass is 9.79. The third-order valence-electron chi connectivity index (χ3n) is 4.18. The third-order valence-corrected chi connectivity index (χ3v) is 4.18. The summed E-state index contributed by atoms with van der Waals surface area (Å²) in [4.78, 5) is 13.8. The van der Waals surface area contributed by atoms with Crippen molar-refractivity contribution in [1.82, 2.24) is 4.90 Å². The lowest BCUT2D eigenvalue weighted by Crippen LogP contribution is -2.59. The van der Waals surface area contributed by atoms with Crippen LogP contribution in [0.5, 0.6) is 5.75 Å². The van der Waals surface area contributed by atoms with Crippen LogP contribution in [0.15, 0.2) is 24.3 Å². The SMILES string of the molecule is CCC12CC(CC(=O)N1C)c1ccccc1O2. The van der Waals surface area contributed by atoms with Crippen LogP contribution in [0.25, 0.3) is 0 Å². The van der Waals surface area contributed by atoms with Gasteiger partial charge in [-0.05, 0) is 11.6 Å². The van der Waals surface area contributed by atoms with Gasteiger partial charge in [-0.2, -0.15) is 0 Å². The van der Waals surface area contributed by atoms with Crippen molar-refractivity contribution in [2.45, 2.75) is 37.8 Å². The molecule has 90 valence electrons. The molecule has 0 saturated carbocycles. The Kier molecular flexibility index (Phi) is 2.18. The first-order valence-electron chi connectivity index (χ1n) is 6.21. The maximum atomic E-state index is 12.0. The number of para-hydroxylation sites is 1. The van der Waals surface area contributed by atoms with Crippen molar-refractivity contribution in [3.63, 3.8) is 0 Å². The van der Waals surface area contributed by atoms with Gasteiger partial charge in [-0.3, -0.25) is 4.79 Å². The van der Waals surface area contributed by atoms with Crippen LogP contribution < -0.4 is 4.74 Å². The standard InChI is InChI=1S/C14H17NO2/c1-3-14-9-10(8-13(16)15(14)2)11-6-4-5-7-12(11)17-14/h4-7,10H,3,8-9H2,1-2H3. The molecule has 0 aromatic heterocycles. The van der Waals surface area contributed by atoms with E-state index in [0.717, 1.165) is 18.6 Å². The Hall–Kier alpha value is -1.51. The molecule has 1 amide bonds. The maximum Gasteiger partial charge on any atom is 0.225 e. The number of piperidine rings is 1. The van der Waals surface area contributed by atoms with Crippen molar-refractivity contribution < 1.29 is 9.53 Å². The van der Waals surface area contributed by atoms with E-state index in [-0.39, 0.29) is 5.91 Å². The van der Waals surface area contributed by atoms with Crippen molar-refractivity contribution in [2.24, 2.45) is 0 Å². The molecule has 3 rings (SSSR count). The van der Waals surface area contributed by atoms with E-state index in [9.17, 15) is 4.79 Å². The quantitative estimate of drug-likeness (QED) is 0.743. The van der Waals surface area contributed by atoms with E-state index in [1.165, 1.54) is 5.56 Å². The average Bonchev–Trinajstić information content (AvgIpc) is 2.36. The summed E-state index contributed by atoms with van der Waals surface area (Å²) in [5.41, 5.74) is 0.770. The van der Waals surface area contributed by atoms with Gasteiger partial charge in [0, 0.05) is 32.2 Å². The number of likely N-dealkylation sites (tertiary alicyclic amines) is 1. The Morgan fingerprint density at radius 1 is 1.47 bits per heavy atom. The van der Waals surface area contributed by atoms with Crippen LogP contribution in [0.2, 0.25) is 0 Å². The Morgan fingerprint density at radius 2 is 2.24 bits per heavy atom. The van der Waals surface area contributed by atoms with E-state index in [2.05, 4.69) is 13.0 Å². The molecule has 1 fully saturated rings. The minimum absolute atomic E-state index is 0.192. The molecular weight excluding hydrogens is 214 g/mol. The highest BCUT2D eigenvalue weighted by Gasteiger charge is 2.49. The molecule has 1 aromatic rings. The van der Waals surface area contributed by atoms with Crippen molar-refractivity contribution in [1.29, 1.82) is 0 Å². The van der Waals surface area contributed by atoms with Crippen molar-refractivity contribution >= 4 is 5.91 Å². The zero-order chi connectivity index (χ0) is 12.0. The van der Waals surface area contributed by atoms with Crippen LogP contribution in [0, 0.1) is 0 Å². The fourth-order valence-electron chi connectivity index (χ4n) is 3.07. The predicted octanol–water partition coefficient (Wildman–Crippen LogP) is 2.52. The lowest BCUT2D eigenvalue weighted by Gasteiger charge is -2.50. The van der Waals surface area contributed by atoms with E-state index >= 15 is 0 Å². The number of amides is 1. The second-order valence-corrected chi connectivity index (χ2v) is 5.00. The zero-order valence-corrected chi connectivity index (χ0v) is 10.3. The summed E-state index contributed by atoms with van der Waals surface area (Å²) in [5.74, 6) is 1.46. The zero-order valence-electron chi connectivity index (χ0n) is 10.3.